The number of ether oxygens (including phenoxy) is 1. The molecule has 0 aromatic carbocycles. The van der Waals surface area contributed by atoms with Gasteiger partial charge in [-0.3, -0.25) is 4.90 Å². The summed E-state index contributed by atoms with van der Waals surface area (Å²) in [7, 11) is 0. The third-order valence-electron chi connectivity index (χ3n) is 3.01. The van der Waals surface area contributed by atoms with Crippen molar-refractivity contribution >= 4 is 17.3 Å². The Kier molecular flexibility index (Phi) is 4.28. The van der Waals surface area contributed by atoms with E-state index in [1.807, 2.05) is 26.8 Å². The van der Waals surface area contributed by atoms with E-state index in [-0.39, 0.29) is 5.97 Å². The van der Waals surface area contributed by atoms with Crippen molar-refractivity contribution in [1.29, 1.82) is 0 Å². The van der Waals surface area contributed by atoms with Crippen molar-refractivity contribution in [3.05, 3.63) is 21.4 Å². The molecule has 0 amide bonds. The largest absolute Gasteiger partial charge is 0.456 e. The van der Waals surface area contributed by atoms with Crippen LogP contribution in [0, 0.1) is 0 Å². The van der Waals surface area contributed by atoms with E-state index in [1.54, 1.807) is 11.3 Å². The molecule has 0 bridgehead atoms. The predicted molar refractivity (Wildman–Crippen MR) is 77.5 cm³/mol. The lowest BCUT2D eigenvalue weighted by Gasteiger charge is -2.25. The number of carbonyl (C=O) groups excluding carboxylic acids is 1. The molecule has 0 atom stereocenters. The number of esters is 1. The average Bonchev–Trinajstić information content (AvgIpc) is 2.70. The Hall–Kier alpha value is -0.910. The molecule has 2 heterocycles. The number of hydrogen-bond acceptors (Lipinski definition) is 5. The zero-order valence-electron chi connectivity index (χ0n) is 11.9. The lowest BCUT2D eigenvalue weighted by atomic mass is 10.1. The zero-order chi connectivity index (χ0) is 14.0. The first-order valence-electron chi connectivity index (χ1n) is 6.66. The topological polar surface area (TPSA) is 55.6 Å². The van der Waals surface area contributed by atoms with Gasteiger partial charge in [0.25, 0.3) is 0 Å². The Morgan fingerprint density at radius 1 is 1.53 bits per heavy atom. The highest BCUT2D eigenvalue weighted by Gasteiger charge is 2.24. The summed E-state index contributed by atoms with van der Waals surface area (Å²) in [4.78, 5) is 16.4. The number of nitrogens with two attached hydrogens (primary N) is 1. The number of hydrogen-bond donors (Lipinski definition) is 1. The summed E-state index contributed by atoms with van der Waals surface area (Å²) >= 11 is 1.56. The minimum Gasteiger partial charge on any atom is -0.456 e. The molecule has 1 aromatic rings. The molecule has 0 unspecified atom stereocenters. The lowest BCUT2D eigenvalue weighted by molar-refractivity contribution is 0.00751. The normalized spacial score (nSPS) is 16.2. The van der Waals surface area contributed by atoms with Crippen molar-refractivity contribution in [3.8, 4) is 0 Å². The molecule has 4 nitrogen and oxygen atoms in total. The smallest absolute Gasteiger partial charge is 0.348 e. The van der Waals surface area contributed by atoms with E-state index in [4.69, 9.17) is 10.5 Å². The molecule has 0 radical (unpaired) electrons. The Morgan fingerprint density at radius 2 is 2.26 bits per heavy atom. The highest BCUT2D eigenvalue weighted by Crippen LogP contribution is 2.29. The van der Waals surface area contributed by atoms with Gasteiger partial charge in [0.2, 0.25) is 0 Å². The van der Waals surface area contributed by atoms with E-state index in [2.05, 4.69) is 4.90 Å². The lowest BCUT2D eigenvalue weighted by Crippen LogP contribution is -2.33. The third kappa shape index (κ3) is 3.78. The maximum atomic E-state index is 12.0. The van der Waals surface area contributed by atoms with Crippen LogP contribution in [-0.4, -0.2) is 36.1 Å². The first kappa shape index (κ1) is 14.5. The summed E-state index contributed by atoms with van der Waals surface area (Å²) in [5.41, 5.74) is 6.44. The summed E-state index contributed by atoms with van der Waals surface area (Å²) < 4.78 is 5.41. The van der Waals surface area contributed by atoms with Gasteiger partial charge in [0.1, 0.15) is 10.5 Å². The van der Waals surface area contributed by atoms with Gasteiger partial charge in [0.15, 0.2) is 0 Å². The minimum absolute atomic E-state index is 0.211. The molecular formula is C14H22N2O2S. The van der Waals surface area contributed by atoms with E-state index in [0.29, 0.717) is 6.54 Å². The maximum absolute atomic E-state index is 12.0. The van der Waals surface area contributed by atoms with Crippen molar-refractivity contribution < 1.29 is 9.53 Å². The molecule has 2 N–H and O–H groups in total. The van der Waals surface area contributed by atoms with Crippen molar-refractivity contribution in [2.75, 3.05) is 19.6 Å². The second kappa shape index (κ2) is 5.61. The Labute approximate surface area is 118 Å². The fourth-order valence-corrected chi connectivity index (χ4v) is 3.31. The van der Waals surface area contributed by atoms with Crippen molar-refractivity contribution in [2.24, 2.45) is 5.73 Å². The van der Waals surface area contributed by atoms with Crippen LogP contribution >= 0.6 is 11.3 Å². The molecule has 0 spiro atoms. The standard InChI is InChI=1S/C14H22N2O2S/c1-14(2,3)18-13(17)11-8-10-4-6-16(7-5-15)9-12(10)19-11/h8H,4-7,9,15H2,1-3H3. The van der Waals surface area contributed by atoms with E-state index in [1.165, 1.54) is 10.4 Å². The molecule has 0 aliphatic carbocycles. The number of rotatable bonds is 3. The highest BCUT2D eigenvalue weighted by atomic mass is 32.1. The second-order valence-electron chi connectivity index (χ2n) is 5.88. The molecule has 5 heteroatoms. The van der Waals surface area contributed by atoms with Crippen LogP contribution in [0.5, 0.6) is 0 Å². The Morgan fingerprint density at radius 3 is 2.89 bits per heavy atom. The molecule has 0 saturated carbocycles. The molecular weight excluding hydrogens is 260 g/mol. The van der Waals surface area contributed by atoms with Crippen LogP contribution < -0.4 is 5.73 Å². The molecule has 19 heavy (non-hydrogen) atoms. The van der Waals surface area contributed by atoms with Crippen LogP contribution in [0.4, 0.5) is 0 Å². The van der Waals surface area contributed by atoms with Gasteiger partial charge in [-0.25, -0.2) is 4.79 Å². The Bertz CT molecular complexity index is 463. The monoisotopic (exact) mass is 282 g/mol. The molecule has 0 saturated heterocycles. The van der Waals surface area contributed by atoms with Crippen LogP contribution in [0.15, 0.2) is 6.07 Å². The number of fused-ring (bicyclic) bond motifs is 1. The number of carbonyl (C=O) groups is 1. The van der Waals surface area contributed by atoms with E-state index in [0.717, 1.165) is 30.9 Å². The summed E-state index contributed by atoms with van der Waals surface area (Å²) in [6.07, 6.45) is 0.995. The maximum Gasteiger partial charge on any atom is 0.348 e. The van der Waals surface area contributed by atoms with E-state index >= 15 is 0 Å². The molecule has 1 aliphatic heterocycles. The van der Waals surface area contributed by atoms with Crippen LogP contribution in [0.1, 0.15) is 40.9 Å². The molecule has 0 fully saturated rings. The van der Waals surface area contributed by atoms with Gasteiger partial charge in [-0.15, -0.1) is 11.3 Å². The van der Waals surface area contributed by atoms with Crippen LogP contribution in [0.3, 0.4) is 0 Å². The SMILES string of the molecule is CC(C)(C)OC(=O)c1cc2c(s1)CN(CCN)CC2. The fraction of sp³-hybridized carbons (Fsp3) is 0.643. The molecule has 1 aliphatic rings. The molecule has 1 aromatic heterocycles. The van der Waals surface area contributed by atoms with E-state index in [9.17, 15) is 4.79 Å². The van der Waals surface area contributed by atoms with Gasteiger partial charge in [-0.2, -0.15) is 0 Å². The number of thiophene rings is 1. The van der Waals surface area contributed by atoms with Gasteiger partial charge < -0.3 is 10.5 Å². The van der Waals surface area contributed by atoms with Crippen molar-refractivity contribution in [1.82, 2.24) is 4.90 Å². The van der Waals surface area contributed by atoms with Crippen molar-refractivity contribution in [2.45, 2.75) is 39.3 Å². The van der Waals surface area contributed by atoms with Gasteiger partial charge in [0, 0.05) is 31.1 Å². The number of nitrogens with zero attached hydrogens (tertiary/aromatic N) is 1. The minimum atomic E-state index is -0.437. The molecule has 106 valence electrons. The summed E-state index contributed by atoms with van der Waals surface area (Å²) in [6.45, 7) is 9.19. The average molecular weight is 282 g/mol. The fourth-order valence-electron chi connectivity index (χ4n) is 2.18. The second-order valence-corrected chi connectivity index (χ2v) is 7.01. The predicted octanol–water partition coefficient (Wildman–Crippen LogP) is 2.02. The first-order valence-corrected chi connectivity index (χ1v) is 7.48. The summed E-state index contributed by atoms with van der Waals surface area (Å²) in [5, 5.41) is 0. The van der Waals surface area contributed by atoms with Crippen LogP contribution in [0.2, 0.25) is 0 Å². The molecule has 2 rings (SSSR count). The van der Waals surface area contributed by atoms with Gasteiger partial charge in [-0.05, 0) is 38.8 Å². The first-order chi connectivity index (χ1) is 8.89. The van der Waals surface area contributed by atoms with Gasteiger partial charge in [-0.1, -0.05) is 0 Å². The highest BCUT2D eigenvalue weighted by molar-refractivity contribution is 7.14. The van der Waals surface area contributed by atoms with Gasteiger partial charge in [0.05, 0.1) is 0 Å². The van der Waals surface area contributed by atoms with Crippen LogP contribution in [0.25, 0.3) is 0 Å². The van der Waals surface area contributed by atoms with Crippen molar-refractivity contribution in [3.63, 3.8) is 0 Å². The summed E-state index contributed by atoms with van der Waals surface area (Å²) in [6, 6.07) is 1.99. The zero-order valence-corrected chi connectivity index (χ0v) is 12.7. The van der Waals surface area contributed by atoms with Crippen LogP contribution in [-0.2, 0) is 17.7 Å². The summed E-state index contributed by atoms with van der Waals surface area (Å²) in [5.74, 6) is -0.211. The van der Waals surface area contributed by atoms with Gasteiger partial charge >= 0.3 is 5.97 Å². The third-order valence-corrected chi connectivity index (χ3v) is 4.15. The Balaban J connectivity index is 2.08. The quantitative estimate of drug-likeness (QED) is 0.862. The van der Waals surface area contributed by atoms with E-state index < -0.39 is 5.60 Å².